The van der Waals surface area contributed by atoms with Gasteiger partial charge in [0.25, 0.3) is 0 Å². The van der Waals surface area contributed by atoms with Crippen LogP contribution in [-0.4, -0.2) is 33.9 Å². The van der Waals surface area contributed by atoms with E-state index < -0.39 is 11.9 Å². The van der Waals surface area contributed by atoms with Gasteiger partial charge in [-0.3, -0.25) is 9.59 Å². The third-order valence-electron chi connectivity index (χ3n) is 4.29. The zero-order chi connectivity index (χ0) is 16.3. The average molecular weight is 309 g/mol. The number of carbonyl (C=O) groups excluding carboxylic acids is 1. The maximum absolute atomic E-state index is 12.2. The molecule has 0 spiro atoms. The number of amides is 1. The highest BCUT2D eigenvalue weighted by molar-refractivity contribution is 5.80. The molecule has 22 heavy (non-hydrogen) atoms. The Morgan fingerprint density at radius 2 is 2.09 bits per heavy atom. The smallest absolute Gasteiger partial charge is 0.306 e. The van der Waals surface area contributed by atoms with Gasteiger partial charge in [0.1, 0.15) is 0 Å². The Bertz CT molecular complexity index is 567. The van der Waals surface area contributed by atoms with Gasteiger partial charge in [0, 0.05) is 19.5 Å². The number of rotatable bonds is 6. The normalized spacial score (nSPS) is 20.9. The minimum atomic E-state index is -0.808. The van der Waals surface area contributed by atoms with Crippen molar-refractivity contribution >= 4 is 11.9 Å². The lowest BCUT2D eigenvalue weighted by Crippen LogP contribution is -2.29. The van der Waals surface area contributed by atoms with Crippen LogP contribution in [-0.2, 0) is 29.6 Å². The van der Waals surface area contributed by atoms with Crippen LogP contribution in [0.1, 0.15) is 37.4 Å². The first-order valence-corrected chi connectivity index (χ1v) is 7.57. The van der Waals surface area contributed by atoms with E-state index >= 15 is 0 Å². The number of nitrogens with one attached hydrogen (secondary N) is 1. The summed E-state index contributed by atoms with van der Waals surface area (Å²) in [5.74, 6) is -0.857. The van der Waals surface area contributed by atoms with Crippen molar-refractivity contribution in [1.29, 1.82) is 0 Å². The third-order valence-corrected chi connectivity index (χ3v) is 4.29. The van der Waals surface area contributed by atoms with E-state index in [1.54, 1.807) is 18.8 Å². The number of methoxy groups -OCH3 is 1. The maximum Gasteiger partial charge on any atom is 0.306 e. The molecule has 0 unspecified atom stereocenters. The number of aryl methyl sites for hydroxylation is 2. The molecule has 1 aliphatic rings. The van der Waals surface area contributed by atoms with Crippen LogP contribution in [0.2, 0.25) is 0 Å². The van der Waals surface area contributed by atoms with Gasteiger partial charge in [-0.1, -0.05) is 6.92 Å². The number of ether oxygens (including phenoxy) is 1. The van der Waals surface area contributed by atoms with Crippen LogP contribution in [0.25, 0.3) is 0 Å². The van der Waals surface area contributed by atoms with E-state index in [4.69, 9.17) is 9.84 Å². The zero-order valence-electron chi connectivity index (χ0n) is 13.3. The van der Waals surface area contributed by atoms with E-state index in [0.717, 1.165) is 17.7 Å². The van der Waals surface area contributed by atoms with Crippen LogP contribution in [0.5, 0.6) is 5.88 Å². The fourth-order valence-electron chi connectivity index (χ4n) is 3.09. The Morgan fingerprint density at radius 1 is 1.41 bits per heavy atom. The molecule has 1 amide bonds. The van der Waals surface area contributed by atoms with Gasteiger partial charge in [-0.05, 0) is 25.7 Å². The summed E-state index contributed by atoms with van der Waals surface area (Å²) in [5.41, 5.74) is 1.78. The van der Waals surface area contributed by atoms with E-state index in [9.17, 15) is 9.59 Å². The molecule has 1 fully saturated rings. The number of carboxylic acid groups (broad SMARTS) is 1. The first-order chi connectivity index (χ1) is 10.5. The Labute approximate surface area is 129 Å². The van der Waals surface area contributed by atoms with Gasteiger partial charge < -0.3 is 15.2 Å². The van der Waals surface area contributed by atoms with Crippen molar-refractivity contribution in [3.63, 3.8) is 0 Å². The van der Waals surface area contributed by atoms with Crippen LogP contribution >= 0.6 is 0 Å². The molecule has 1 aromatic rings. The second-order valence-electron chi connectivity index (χ2n) is 5.67. The molecule has 7 heteroatoms. The number of nitrogens with zero attached hydrogens (tertiary/aromatic N) is 2. The quantitative estimate of drug-likeness (QED) is 0.821. The molecule has 7 nitrogen and oxygen atoms in total. The summed E-state index contributed by atoms with van der Waals surface area (Å²) >= 11 is 0. The third kappa shape index (κ3) is 3.23. The molecular formula is C15H23N3O4. The molecule has 0 saturated heterocycles. The van der Waals surface area contributed by atoms with Crippen LogP contribution in [0.15, 0.2) is 0 Å². The Balaban J connectivity index is 1.99. The van der Waals surface area contributed by atoms with E-state index in [-0.39, 0.29) is 11.8 Å². The van der Waals surface area contributed by atoms with Crippen molar-refractivity contribution in [2.45, 2.75) is 39.2 Å². The number of hydrogen-bond donors (Lipinski definition) is 2. The standard InChI is InChI=1S/C15H23N3O4/c1-4-12-11(14(22-3)18(2)17-12)8-16-13(19)9-5-6-10(7-9)15(20)21/h9-10H,4-8H2,1-3H3,(H,16,19)(H,20,21)/t9-,10+/m1/s1. The lowest BCUT2D eigenvalue weighted by molar-refractivity contribution is -0.141. The van der Waals surface area contributed by atoms with Gasteiger partial charge in [-0.2, -0.15) is 5.10 Å². The SMILES string of the molecule is CCc1nn(C)c(OC)c1CNC(=O)[C@@H]1CC[C@H](C(=O)O)C1. The van der Waals surface area contributed by atoms with Gasteiger partial charge in [-0.25, -0.2) is 4.68 Å². The Kier molecular flexibility index (Phi) is 5.05. The van der Waals surface area contributed by atoms with Crippen LogP contribution < -0.4 is 10.1 Å². The molecule has 1 aromatic heterocycles. The highest BCUT2D eigenvalue weighted by Crippen LogP contribution is 2.31. The largest absolute Gasteiger partial charge is 0.481 e. The summed E-state index contributed by atoms with van der Waals surface area (Å²) in [6.07, 6.45) is 2.39. The van der Waals surface area contributed by atoms with Crippen molar-refractivity contribution in [2.75, 3.05) is 7.11 Å². The lowest BCUT2D eigenvalue weighted by atomic mass is 10.0. The van der Waals surface area contributed by atoms with Crippen LogP contribution in [0.3, 0.4) is 0 Å². The Hall–Kier alpha value is -2.05. The summed E-state index contributed by atoms with van der Waals surface area (Å²) in [7, 11) is 3.38. The molecule has 2 atom stereocenters. The summed E-state index contributed by atoms with van der Waals surface area (Å²) in [4.78, 5) is 23.2. The van der Waals surface area contributed by atoms with Crippen molar-refractivity contribution < 1.29 is 19.4 Å². The van der Waals surface area contributed by atoms with Crippen molar-refractivity contribution in [3.8, 4) is 5.88 Å². The van der Waals surface area contributed by atoms with Crippen LogP contribution in [0, 0.1) is 11.8 Å². The first-order valence-electron chi connectivity index (χ1n) is 7.57. The van der Waals surface area contributed by atoms with Gasteiger partial charge in [0.05, 0.1) is 24.3 Å². The second kappa shape index (κ2) is 6.81. The van der Waals surface area contributed by atoms with Gasteiger partial charge in [0.2, 0.25) is 11.8 Å². The fraction of sp³-hybridized carbons (Fsp3) is 0.667. The minimum absolute atomic E-state index is 0.0864. The van der Waals surface area contributed by atoms with E-state index in [1.807, 2.05) is 6.92 Å². The van der Waals surface area contributed by atoms with E-state index in [1.165, 1.54) is 0 Å². The maximum atomic E-state index is 12.2. The van der Waals surface area contributed by atoms with Crippen molar-refractivity contribution in [1.82, 2.24) is 15.1 Å². The summed E-state index contributed by atoms with van der Waals surface area (Å²) < 4.78 is 7.00. The topological polar surface area (TPSA) is 93.5 Å². The van der Waals surface area contributed by atoms with Crippen molar-refractivity contribution in [3.05, 3.63) is 11.3 Å². The Morgan fingerprint density at radius 3 is 2.64 bits per heavy atom. The van der Waals surface area contributed by atoms with Gasteiger partial charge in [0.15, 0.2) is 0 Å². The molecule has 0 aliphatic heterocycles. The number of carbonyl (C=O) groups is 2. The molecule has 2 N–H and O–H groups in total. The summed E-state index contributed by atoms with van der Waals surface area (Å²) in [6.45, 7) is 2.36. The number of carboxylic acids is 1. The zero-order valence-corrected chi connectivity index (χ0v) is 13.3. The van der Waals surface area contributed by atoms with E-state index in [2.05, 4.69) is 10.4 Å². The highest BCUT2D eigenvalue weighted by Gasteiger charge is 2.33. The molecule has 1 saturated carbocycles. The lowest BCUT2D eigenvalue weighted by Gasteiger charge is -2.11. The first kappa shape index (κ1) is 16.3. The monoisotopic (exact) mass is 309 g/mol. The molecule has 0 aromatic carbocycles. The van der Waals surface area contributed by atoms with Crippen LogP contribution in [0.4, 0.5) is 0 Å². The second-order valence-corrected chi connectivity index (χ2v) is 5.67. The predicted molar refractivity (Wildman–Crippen MR) is 79.5 cm³/mol. The van der Waals surface area contributed by atoms with Gasteiger partial charge in [-0.15, -0.1) is 0 Å². The molecule has 2 rings (SSSR count). The molecular weight excluding hydrogens is 286 g/mol. The number of hydrogen-bond acceptors (Lipinski definition) is 4. The summed E-state index contributed by atoms with van der Waals surface area (Å²) in [6, 6.07) is 0. The molecule has 0 bridgehead atoms. The highest BCUT2D eigenvalue weighted by atomic mass is 16.5. The fourth-order valence-corrected chi connectivity index (χ4v) is 3.09. The van der Waals surface area contributed by atoms with Crippen molar-refractivity contribution in [2.24, 2.45) is 18.9 Å². The number of aliphatic carboxylic acids is 1. The average Bonchev–Trinajstić information content (AvgIpc) is 3.09. The van der Waals surface area contributed by atoms with Gasteiger partial charge >= 0.3 is 5.97 Å². The molecule has 1 aliphatic carbocycles. The summed E-state index contributed by atoms with van der Waals surface area (Å²) in [5, 5.41) is 16.3. The molecule has 1 heterocycles. The molecule has 122 valence electrons. The number of aromatic nitrogens is 2. The van der Waals surface area contributed by atoms with E-state index in [0.29, 0.717) is 31.7 Å². The molecule has 0 radical (unpaired) electrons. The predicted octanol–water partition coefficient (Wildman–Crippen LogP) is 1.11. The minimum Gasteiger partial charge on any atom is -0.481 e.